The van der Waals surface area contributed by atoms with E-state index in [-0.39, 0.29) is 24.9 Å². The number of hydrogen-bond acceptors (Lipinski definition) is 15. The van der Waals surface area contributed by atoms with Crippen LogP contribution in [0.2, 0.25) is 10.0 Å². The molecule has 0 bridgehead atoms. The van der Waals surface area contributed by atoms with Crippen molar-refractivity contribution in [3.63, 3.8) is 0 Å². The van der Waals surface area contributed by atoms with Crippen molar-refractivity contribution in [2.24, 2.45) is 18.5 Å². The van der Waals surface area contributed by atoms with Gasteiger partial charge in [0, 0.05) is 115 Å². The predicted octanol–water partition coefficient (Wildman–Crippen LogP) is 7.89. The fraction of sp³-hybridized carbons (Fsp3) is 0.231. The topological polar surface area (TPSA) is 292 Å². The third-order valence-electron chi connectivity index (χ3n) is 15.4. The van der Waals surface area contributed by atoms with Crippen LogP contribution in [0.1, 0.15) is 90.4 Å². The van der Waals surface area contributed by atoms with Gasteiger partial charge in [-0.1, -0.05) is 125 Å². The molecule has 6 heterocycles. The summed E-state index contributed by atoms with van der Waals surface area (Å²) in [5.74, 6) is 0.215. The Morgan fingerprint density at radius 1 is 0.596 bits per heavy atom. The molecule has 2 aliphatic heterocycles. The monoisotopic (exact) mass is 1240 g/mol. The Balaban J connectivity index is 0.000000184. The lowest BCUT2D eigenvalue weighted by atomic mass is 9.96. The molecule has 0 saturated carbocycles. The number of ether oxygens (including phenoxy) is 2. The van der Waals surface area contributed by atoms with E-state index in [0.29, 0.717) is 77.9 Å². The summed E-state index contributed by atoms with van der Waals surface area (Å²) in [5, 5.41) is 30.0. The van der Waals surface area contributed by atoms with Gasteiger partial charge in [-0.25, -0.2) is 9.97 Å². The average Bonchev–Trinajstić information content (AvgIpc) is 2.62. The summed E-state index contributed by atoms with van der Waals surface area (Å²) in [4.78, 5) is 61.4. The lowest BCUT2D eigenvalue weighted by Gasteiger charge is -2.28. The molecular formula is C65H63Cl2N15O7. The Labute approximate surface area is 521 Å². The first-order chi connectivity index (χ1) is 43.3. The van der Waals surface area contributed by atoms with Gasteiger partial charge in [-0.2, -0.15) is 4.80 Å². The van der Waals surface area contributed by atoms with E-state index >= 15 is 0 Å². The molecule has 0 radical (unpaired) electrons. The number of amides is 4. The first-order valence-corrected chi connectivity index (χ1v) is 29.5. The van der Waals surface area contributed by atoms with Crippen LogP contribution >= 0.6 is 23.2 Å². The van der Waals surface area contributed by atoms with Crippen LogP contribution in [0.25, 0.3) is 22.7 Å². The average molecular weight is 1240 g/mol. The number of aromatic nitrogens is 9. The van der Waals surface area contributed by atoms with Crippen molar-refractivity contribution < 1.29 is 33.2 Å². The van der Waals surface area contributed by atoms with Crippen LogP contribution in [-0.4, -0.2) is 93.4 Å². The Hall–Kier alpha value is -10.0. The molecule has 8 N–H and O–H groups in total. The second-order valence-electron chi connectivity index (χ2n) is 21.5. The van der Waals surface area contributed by atoms with Crippen molar-refractivity contribution >= 4 is 46.8 Å². The fourth-order valence-corrected chi connectivity index (χ4v) is 10.9. The minimum absolute atomic E-state index is 0.0444. The number of rotatable bonds is 22. The highest BCUT2D eigenvalue weighted by molar-refractivity contribution is 6.30. The SMILES string of the molecule is Cn1nnc(-c2ccc(Cn3cncc3CNC3CCOc4c(C(=O)N[C@@H](Cc5ccc(Cl)cc5)C(N)=O)cccc43)cc2)n1.NC(=O)[C@H](Cc1ccc(Cl)cc1)NC(=O)c1cccc2c1OCCC2NCc1cncn1Cc1ccc(-c2ccno2)cc1. The summed E-state index contributed by atoms with van der Waals surface area (Å²) in [6, 6.07) is 41.2. The fourth-order valence-electron chi connectivity index (χ4n) is 10.7. The molecule has 4 aromatic heterocycles. The molecule has 24 heteroatoms. The minimum Gasteiger partial charge on any atom is -0.492 e. The standard InChI is InChI=1S/C33H31ClN6O4.C32H32ClN9O3/c34-24-10-6-21(7-11-24)16-29(32(35)41)39-33(42)27-3-1-2-26-28(13-15-43-31(26)27)37-18-25-17-36-20-40(25)19-22-4-8-23(9-5-22)30-12-14-38-44-30;1-41-39-31(38-40-41)22-9-5-21(6-10-22)18-42-19-35-16-24(42)17-36-27-13-14-45-29-25(27)3-2-4-26(29)32(44)37-28(30(34)43)15-20-7-11-23(33)12-8-20/h1-12,14,17,20,28-29,37H,13,15-16,18-19H2,(H2,35,41)(H,39,42);2-12,16,19,27-28,36H,13-15,17-18H2,1H3,(H2,34,43)(H,37,44)/t28?,29-;27?,28-/m00/s1. The number of primary amides is 2. The Morgan fingerprint density at radius 3 is 1.48 bits per heavy atom. The quantitative estimate of drug-likeness (QED) is 0.0376. The number of hydrogen-bond donors (Lipinski definition) is 6. The molecule has 22 nitrogen and oxygen atoms in total. The van der Waals surface area contributed by atoms with Crippen molar-refractivity contribution in [2.45, 2.75) is 76.0 Å². The number of nitrogens with one attached hydrogen (secondary N) is 4. The van der Waals surface area contributed by atoms with Gasteiger partial charge in [0.2, 0.25) is 17.6 Å². The number of nitrogens with two attached hydrogens (primary N) is 2. The number of benzene rings is 6. The minimum atomic E-state index is -0.896. The lowest BCUT2D eigenvalue weighted by Crippen LogP contribution is -2.46. The summed E-state index contributed by atoms with van der Waals surface area (Å²) in [7, 11) is 1.74. The largest absolute Gasteiger partial charge is 0.492 e. The van der Waals surface area contributed by atoms with Crippen LogP contribution < -0.4 is 42.2 Å². The van der Waals surface area contributed by atoms with Gasteiger partial charge in [-0.15, -0.1) is 10.2 Å². The van der Waals surface area contributed by atoms with E-state index in [1.165, 1.54) is 4.80 Å². The molecule has 0 fully saturated rings. The predicted molar refractivity (Wildman–Crippen MR) is 332 cm³/mol. The third-order valence-corrected chi connectivity index (χ3v) is 15.9. The van der Waals surface area contributed by atoms with E-state index in [4.69, 9.17) is 48.7 Å². The number of para-hydroxylation sites is 2. The van der Waals surface area contributed by atoms with Crippen molar-refractivity contribution in [1.29, 1.82) is 0 Å². The third kappa shape index (κ3) is 15.2. The van der Waals surface area contributed by atoms with E-state index in [9.17, 15) is 19.2 Å². The number of nitrogens with zero attached hydrogens (tertiary/aromatic N) is 9. The molecule has 89 heavy (non-hydrogen) atoms. The van der Waals surface area contributed by atoms with Gasteiger partial charge < -0.3 is 55.9 Å². The molecule has 0 aliphatic carbocycles. The van der Waals surface area contributed by atoms with E-state index in [1.807, 2.05) is 91.8 Å². The number of fused-ring (bicyclic) bond motifs is 2. The number of halogens is 2. The Bertz CT molecular complexity index is 4060. The van der Waals surface area contributed by atoms with Crippen molar-refractivity contribution in [1.82, 2.24) is 65.7 Å². The molecule has 12 rings (SSSR count). The van der Waals surface area contributed by atoms with Crippen LogP contribution in [0.5, 0.6) is 11.5 Å². The summed E-state index contributed by atoms with van der Waals surface area (Å²) < 4.78 is 21.4. The van der Waals surface area contributed by atoms with E-state index in [0.717, 1.165) is 74.5 Å². The maximum atomic E-state index is 13.4. The Morgan fingerprint density at radius 2 is 1.06 bits per heavy atom. The maximum absolute atomic E-state index is 13.4. The number of imidazole rings is 2. The zero-order valence-electron chi connectivity index (χ0n) is 48.3. The van der Waals surface area contributed by atoms with Gasteiger partial charge in [-0.3, -0.25) is 19.2 Å². The van der Waals surface area contributed by atoms with E-state index in [1.54, 1.807) is 73.9 Å². The number of carbonyl (C=O) groups excluding carboxylic acids is 4. The summed E-state index contributed by atoms with van der Waals surface area (Å²) in [6.07, 6.45) is 10.9. The molecule has 0 spiro atoms. The van der Waals surface area contributed by atoms with Crippen molar-refractivity contribution in [3.05, 3.63) is 237 Å². The molecular weight excluding hydrogens is 1170 g/mol. The van der Waals surface area contributed by atoms with Gasteiger partial charge in [0.1, 0.15) is 23.6 Å². The van der Waals surface area contributed by atoms with Gasteiger partial charge in [0.15, 0.2) is 5.76 Å². The van der Waals surface area contributed by atoms with Crippen LogP contribution in [0, 0.1) is 0 Å². The smallest absolute Gasteiger partial charge is 0.255 e. The van der Waals surface area contributed by atoms with Gasteiger partial charge >= 0.3 is 0 Å². The first kappa shape index (κ1) is 60.7. The summed E-state index contributed by atoms with van der Waals surface area (Å²) in [5.41, 5.74) is 21.6. The molecule has 6 aromatic carbocycles. The zero-order chi connectivity index (χ0) is 61.8. The maximum Gasteiger partial charge on any atom is 0.255 e. The van der Waals surface area contributed by atoms with Crippen LogP contribution in [0.15, 0.2) is 175 Å². The number of tetrazole rings is 1. The second kappa shape index (κ2) is 28.2. The van der Waals surface area contributed by atoms with Crippen LogP contribution in [0.3, 0.4) is 0 Å². The molecule has 4 atom stereocenters. The van der Waals surface area contributed by atoms with Gasteiger partial charge in [-0.05, 0) is 63.9 Å². The van der Waals surface area contributed by atoms with Crippen molar-refractivity contribution in [2.75, 3.05) is 13.2 Å². The molecule has 0 saturated heterocycles. The second-order valence-corrected chi connectivity index (χ2v) is 22.4. The highest BCUT2D eigenvalue weighted by atomic mass is 35.5. The Kier molecular flexibility index (Phi) is 19.2. The van der Waals surface area contributed by atoms with E-state index in [2.05, 4.69) is 73.1 Å². The molecule has 454 valence electrons. The number of carbonyl (C=O) groups is 4. The summed E-state index contributed by atoms with van der Waals surface area (Å²) >= 11 is 12.0. The molecule has 10 aromatic rings. The molecule has 4 amide bonds. The molecule has 2 unspecified atom stereocenters. The van der Waals surface area contributed by atoms with E-state index < -0.39 is 35.7 Å². The first-order valence-electron chi connectivity index (χ1n) is 28.8. The summed E-state index contributed by atoms with van der Waals surface area (Å²) in [6.45, 7) is 3.33. The van der Waals surface area contributed by atoms with Gasteiger partial charge in [0.05, 0.1) is 61.6 Å². The number of aryl methyl sites for hydroxylation is 1. The van der Waals surface area contributed by atoms with Crippen molar-refractivity contribution in [3.8, 4) is 34.2 Å². The van der Waals surface area contributed by atoms with Gasteiger partial charge in [0.25, 0.3) is 11.8 Å². The highest BCUT2D eigenvalue weighted by Gasteiger charge is 2.30. The molecule has 2 aliphatic rings. The lowest BCUT2D eigenvalue weighted by molar-refractivity contribution is -0.120. The normalized spacial score (nSPS) is 14.8. The van der Waals surface area contributed by atoms with Crippen LogP contribution in [0.4, 0.5) is 0 Å². The zero-order valence-corrected chi connectivity index (χ0v) is 49.9. The van der Waals surface area contributed by atoms with Crippen LogP contribution in [-0.2, 0) is 55.7 Å². The highest BCUT2D eigenvalue weighted by Crippen LogP contribution is 2.37.